The number of nitrogens with zero attached hydrogens (tertiary/aromatic N) is 3. The van der Waals surface area contributed by atoms with Gasteiger partial charge >= 0.3 is 0 Å². The van der Waals surface area contributed by atoms with Gasteiger partial charge in [0.25, 0.3) is 5.91 Å². The quantitative estimate of drug-likeness (QED) is 0.839. The van der Waals surface area contributed by atoms with E-state index in [9.17, 15) is 4.79 Å². The molecule has 6 nitrogen and oxygen atoms in total. The molecule has 132 valence electrons. The molecule has 0 unspecified atom stereocenters. The van der Waals surface area contributed by atoms with Gasteiger partial charge in [-0.2, -0.15) is 0 Å². The van der Waals surface area contributed by atoms with Crippen LogP contribution in [0.15, 0.2) is 35.4 Å². The van der Waals surface area contributed by atoms with Crippen LogP contribution in [-0.2, 0) is 16.1 Å². The number of carbonyl (C=O) groups excluding carboxylic acids is 1. The molecule has 0 N–H and O–H groups in total. The Hall–Kier alpha value is -1.83. The van der Waals surface area contributed by atoms with Crippen LogP contribution in [0.1, 0.15) is 35.3 Å². The molecule has 2 aromatic heterocycles. The average molecular weight is 359 g/mol. The van der Waals surface area contributed by atoms with E-state index in [2.05, 4.69) is 9.97 Å². The lowest BCUT2D eigenvalue weighted by Gasteiger charge is -2.38. The lowest BCUT2D eigenvalue weighted by atomic mass is 9.88. The van der Waals surface area contributed by atoms with Gasteiger partial charge in [-0.05, 0) is 30.5 Å². The zero-order chi connectivity index (χ0) is 17.1. The molecule has 7 heteroatoms. The van der Waals surface area contributed by atoms with Crippen molar-refractivity contribution in [3.8, 4) is 0 Å². The molecule has 0 bridgehead atoms. The second-order valence-corrected chi connectivity index (χ2v) is 7.37. The van der Waals surface area contributed by atoms with Gasteiger partial charge in [-0.15, -0.1) is 11.3 Å². The number of hydrogen-bond acceptors (Lipinski definition) is 6. The molecule has 2 aliphatic rings. The standard InChI is InChI=1S/C18H21N3O3S/c22-17(16-12-25-13-20-16)21-7-3-18(4-8-21)9-15(11-24-18)23-10-14-1-5-19-6-2-14/h1-2,5-6,12-13,15H,3-4,7-11H2/t15-/m1/s1. The highest BCUT2D eigenvalue weighted by atomic mass is 32.1. The summed E-state index contributed by atoms with van der Waals surface area (Å²) in [6, 6.07) is 3.93. The molecule has 1 amide bonds. The first-order valence-electron chi connectivity index (χ1n) is 8.56. The molecule has 1 atom stereocenters. The fourth-order valence-corrected chi connectivity index (χ4v) is 4.07. The maximum absolute atomic E-state index is 12.4. The van der Waals surface area contributed by atoms with Crippen LogP contribution in [0, 0.1) is 0 Å². The van der Waals surface area contributed by atoms with E-state index in [1.807, 2.05) is 22.4 Å². The third-order valence-electron chi connectivity index (χ3n) is 5.02. The third kappa shape index (κ3) is 3.73. The van der Waals surface area contributed by atoms with Crippen molar-refractivity contribution in [3.05, 3.63) is 46.7 Å². The topological polar surface area (TPSA) is 64.6 Å². The van der Waals surface area contributed by atoms with Crippen molar-refractivity contribution in [2.75, 3.05) is 19.7 Å². The summed E-state index contributed by atoms with van der Waals surface area (Å²) in [7, 11) is 0. The third-order valence-corrected chi connectivity index (χ3v) is 5.61. The molecule has 0 radical (unpaired) electrons. The maximum atomic E-state index is 12.4. The Labute approximate surface area is 150 Å². The van der Waals surface area contributed by atoms with Crippen molar-refractivity contribution in [1.29, 1.82) is 0 Å². The first kappa shape index (κ1) is 16.6. The summed E-state index contributed by atoms with van der Waals surface area (Å²) >= 11 is 1.45. The highest BCUT2D eigenvalue weighted by molar-refractivity contribution is 7.07. The minimum atomic E-state index is -0.137. The number of hydrogen-bond donors (Lipinski definition) is 0. The molecule has 0 saturated carbocycles. The monoisotopic (exact) mass is 359 g/mol. The van der Waals surface area contributed by atoms with Crippen molar-refractivity contribution in [1.82, 2.24) is 14.9 Å². The van der Waals surface area contributed by atoms with Gasteiger partial charge in [0.1, 0.15) is 5.69 Å². The number of thiazole rings is 1. The van der Waals surface area contributed by atoms with E-state index < -0.39 is 0 Å². The van der Waals surface area contributed by atoms with Gasteiger partial charge in [-0.1, -0.05) is 0 Å². The molecule has 2 fully saturated rings. The van der Waals surface area contributed by atoms with Crippen LogP contribution in [0.5, 0.6) is 0 Å². The Balaban J connectivity index is 1.28. The van der Waals surface area contributed by atoms with Gasteiger partial charge in [-0.3, -0.25) is 9.78 Å². The summed E-state index contributed by atoms with van der Waals surface area (Å²) < 4.78 is 12.1. The lowest BCUT2D eigenvalue weighted by molar-refractivity contribution is -0.0413. The van der Waals surface area contributed by atoms with Crippen molar-refractivity contribution >= 4 is 17.2 Å². The fourth-order valence-electron chi connectivity index (χ4n) is 3.55. The van der Waals surface area contributed by atoms with Gasteiger partial charge < -0.3 is 14.4 Å². The van der Waals surface area contributed by atoms with E-state index in [-0.39, 0.29) is 17.6 Å². The van der Waals surface area contributed by atoms with Gasteiger partial charge in [0.15, 0.2) is 0 Å². The number of carbonyl (C=O) groups is 1. The van der Waals surface area contributed by atoms with Crippen molar-refractivity contribution in [2.24, 2.45) is 0 Å². The van der Waals surface area contributed by atoms with E-state index in [0.717, 1.165) is 24.8 Å². The van der Waals surface area contributed by atoms with E-state index in [0.29, 0.717) is 32.0 Å². The van der Waals surface area contributed by atoms with Crippen molar-refractivity contribution in [3.63, 3.8) is 0 Å². The Morgan fingerprint density at radius 3 is 2.88 bits per heavy atom. The Morgan fingerprint density at radius 2 is 2.16 bits per heavy atom. The molecule has 4 heterocycles. The maximum Gasteiger partial charge on any atom is 0.273 e. The Kier molecular flexibility index (Phi) is 4.78. The number of amides is 1. The second kappa shape index (κ2) is 7.19. The van der Waals surface area contributed by atoms with Crippen LogP contribution in [0.4, 0.5) is 0 Å². The van der Waals surface area contributed by atoms with E-state index in [4.69, 9.17) is 9.47 Å². The smallest absolute Gasteiger partial charge is 0.273 e. The molecule has 4 rings (SSSR count). The zero-order valence-electron chi connectivity index (χ0n) is 14.0. The number of piperidine rings is 1. The molecule has 25 heavy (non-hydrogen) atoms. The molecule has 2 aliphatic heterocycles. The summed E-state index contributed by atoms with van der Waals surface area (Å²) in [4.78, 5) is 22.4. The zero-order valence-corrected chi connectivity index (χ0v) is 14.8. The number of rotatable bonds is 4. The molecule has 2 saturated heterocycles. The van der Waals surface area contributed by atoms with Gasteiger partial charge in [-0.25, -0.2) is 4.98 Å². The summed E-state index contributed by atoms with van der Waals surface area (Å²) in [6.07, 6.45) is 6.29. The van der Waals surface area contributed by atoms with Crippen LogP contribution in [0.2, 0.25) is 0 Å². The number of aromatic nitrogens is 2. The highest BCUT2D eigenvalue weighted by Crippen LogP contribution is 2.37. The van der Waals surface area contributed by atoms with Crippen LogP contribution in [-0.4, -0.2) is 52.2 Å². The van der Waals surface area contributed by atoms with Crippen molar-refractivity contribution < 1.29 is 14.3 Å². The van der Waals surface area contributed by atoms with Crippen LogP contribution >= 0.6 is 11.3 Å². The van der Waals surface area contributed by atoms with Crippen LogP contribution in [0.3, 0.4) is 0 Å². The van der Waals surface area contributed by atoms with Crippen LogP contribution < -0.4 is 0 Å². The first-order valence-corrected chi connectivity index (χ1v) is 9.50. The SMILES string of the molecule is O=C(c1cscn1)N1CCC2(CC1)C[C@@H](OCc1ccncc1)CO2. The lowest BCUT2D eigenvalue weighted by Crippen LogP contribution is -2.46. The molecule has 1 spiro atoms. The van der Waals surface area contributed by atoms with Gasteiger partial charge in [0.2, 0.25) is 0 Å². The van der Waals surface area contributed by atoms with Gasteiger partial charge in [0.05, 0.1) is 30.4 Å². The second-order valence-electron chi connectivity index (χ2n) is 6.65. The Morgan fingerprint density at radius 1 is 1.36 bits per heavy atom. The first-order chi connectivity index (χ1) is 12.2. The minimum Gasteiger partial charge on any atom is -0.372 e. The normalized spacial score (nSPS) is 22.4. The minimum absolute atomic E-state index is 0.0274. The highest BCUT2D eigenvalue weighted by Gasteiger charge is 2.44. The summed E-state index contributed by atoms with van der Waals surface area (Å²) in [6.45, 7) is 2.65. The summed E-state index contributed by atoms with van der Waals surface area (Å²) in [5.41, 5.74) is 3.23. The van der Waals surface area contributed by atoms with Gasteiger partial charge in [0, 0.05) is 37.3 Å². The number of likely N-dealkylation sites (tertiary alicyclic amines) is 1. The summed E-state index contributed by atoms with van der Waals surface area (Å²) in [5, 5.41) is 1.81. The van der Waals surface area contributed by atoms with Crippen molar-refractivity contribution in [2.45, 2.75) is 37.6 Å². The molecular formula is C18H21N3O3S. The molecule has 0 aromatic carbocycles. The number of ether oxygens (including phenoxy) is 2. The summed E-state index contributed by atoms with van der Waals surface area (Å²) in [5.74, 6) is 0.0274. The number of pyridine rings is 1. The molecular weight excluding hydrogens is 338 g/mol. The largest absolute Gasteiger partial charge is 0.372 e. The average Bonchev–Trinajstić information content (AvgIpc) is 3.32. The molecule has 2 aromatic rings. The Bertz CT molecular complexity index is 700. The van der Waals surface area contributed by atoms with E-state index in [1.54, 1.807) is 17.9 Å². The predicted octanol–water partition coefficient (Wildman–Crippen LogP) is 2.52. The molecule has 0 aliphatic carbocycles. The van der Waals surface area contributed by atoms with E-state index in [1.165, 1.54) is 11.3 Å². The van der Waals surface area contributed by atoms with E-state index >= 15 is 0 Å². The predicted molar refractivity (Wildman–Crippen MR) is 93.4 cm³/mol. The fraction of sp³-hybridized carbons (Fsp3) is 0.500. The van der Waals surface area contributed by atoms with Crippen LogP contribution in [0.25, 0.3) is 0 Å².